The number of benzene rings is 2. The van der Waals surface area contributed by atoms with Crippen molar-refractivity contribution in [2.75, 3.05) is 32.1 Å². The van der Waals surface area contributed by atoms with Crippen molar-refractivity contribution >= 4 is 17.8 Å². The molecule has 1 amide bonds. The Hall–Kier alpha value is -3.38. The number of ether oxygens (including phenoxy) is 1. The molecule has 0 aliphatic carbocycles. The average Bonchev–Trinajstić information content (AvgIpc) is 3.28. The van der Waals surface area contributed by atoms with E-state index in [9.17, 15) is 4.79 Å². The quantitative estimate of drug-likeness (QED) is 0.575. The summed E-state index contributed by atoms with van der Waals surface area (Å²) in [4.78, 5) is 14.9. The van der Waals surface area contributed by atoms with Crippen molar-refractivity contribution in [2.24, 2.45) is 0 Å². The third-order valence-corrected chi connectivity index (χ3v) is 5.85. The number of hydrogen-bond acceptors (Lipinski definition) is 4. The number of aromatic nitrogens is 2. The highest BCUT2D eigenvalue weighted by Crippen LogP contribution is 2.26. The normalized spacial score (nSPS) is 15.2. The first kappa shape index (κ1) is 21.8. The predicted molar refractivity (Wildman–Crippen MR) is 128 cm³/mol. The van der Waals surface area contributed by atoms with Crippen LogP contribution in [-0.2, 0) is 11.2 Å². The molecule has 0 radical (unpaired) electrons. The lowest BCUT2D eigenvalue weighted by Gasteiger charge is -2.32. The molecule has 2 heterocycles. The minimum absolute atomic E-state index is 0.0168. The highest BCUT2D eigenvalue weighted by molar-refractivity contribution is 5.91. The van der Waals surface area contributed by atoms with E-state index in [1.165, 1.54) is 0 Å². The maximum absolute atomic E-state index is 12.5. The van der Waals surface area contributed by atoms with Gasteiger partial charge in [0.25, 0.3) is 0 Å². The summed E-state index contributed by atoms with van der Waals surface area (Å²) in [6, 6.07) is 20.0. The molecule has 2 aromatic carbocycles. The van der Waals surface area contributed by atoms with Gasteiger partial charge in [-0.3, -0.25) is 9.69 Å². The van der Waals surface area contributed by atoms with E-state index in [2.05, 4.69) is 33.5 Å². The third-order valence-electron chi connectivity index (χ3n) is 5.85. The van der Waals surface area contributed by atoms with Gasteiger partial charge in [-0.05, 0) is 24.5 Å². The fourth-order valence-corrected chi connectivity index (χ4v) is 4.15. The minimum atomic E-state index is -0.0168. The molecule has 166 valence electrons. The minimum Gasteiger partial charge on any atom is -0.496 e. The molecule has 3 aromatic rings. The Balaban J connectivity index is 1.28. The van der Waals surface area contributed by atoms with Gasteiger partial charge in [0, 0.05) is 31.3 Å². The molecule has 6 nitrogen and oxygen atoms in total. The standard InChI is InChI=1S/C26H30N4O2/c1-32-24-12-6-5-10-22(24)11-7-17-29-18-14-23(15-19-29)30-25(13-16-27-30)28-26(31)20-21-8-3-2-4-9-21/h2-13,16,23H,14-15,17-20H2,1H3,(H,28,31). The van der Waals surface area contributed by atoms with E-state index in [1.807, 2.05) is 59.3 Å². The Kier molecular flexibility index (Phi) is 7.35. The summed E-state index contributed by atoms with van der Waals surface area (Å²) in [5.41, 5.74) is 2.10. The molecular formula is C26H30N4O2. The molecule has 4 rings (SSSR count). The van der Waals surface area contributed by atoms with Gasteiger partial charge in [-0.2, -0.15) is 5.10 Å². The highest BCUT2D eigenvalue weighted by Gasteiger charge is 2.22. The number of para-hydroxylation sites is 1. The summed E-state index contributed by atoms with van der Waals surface area (Å²) >= 11 is 0. The van der Waals surface area contributed by atoms with Crippen molar-refractivity contribution in [2.45, 2.75) is 25.3 Å². The van der Waals surface area contributed by atoms with E-state index >= 15 is 0 Å². The van der Waals surface area contributed by atoms with Crippen molar-refractivity contribution < 1.29 is 9.53 Å². The van der Waals surface area contributed by atoms with Gasteiger partial charge in [0.1, 0.15) is 11.6 Å². The zero-order valence-electron chi connectivity index (χ0n) is 18.5. The Labute approximate surface area is 189 Å². The topological polar surface area (TPSA) is 59.4 Å². The molecule has 0 unspecified atom stereocenters. The molecule has 0 bridgehead atoms. The lowest BCUT2D eigenvalue weighted by molar-refractivity contribution is -0.115. The molecule has 1 fully saturated rings. The Morgan fingerprint density at radius 1 is 1.09 bits per heavy atom. The maximum Gasteiger partial charge on any atom is 0.229 e. The number of carbonyl (C=O) groups is 1. The van der Waals surface area contributed by atoms with Crippen molar-refractivity contribution in [1.29, 1.82) is 0 Å². The molecule has 1 aliphatic heterocycles. The molecule has 0 saturated carbocycles. The van der Waals surface area contributed by atoms with E-state index in [0.29, 0.717) is 12.5 Å². The van der Waals surface area contributed by atoms with E-state index in [4.69, 9.17) is 4.74 Å². The van der Waals surface area contributed by atoms with Gasteiger partial charge in [0.15, 0.2) is 0 Å². The third kappa shape index (κ3) is 5.65. The second-order valence-corrected chi connectivity index (χ2v) is 8.05. The largest absolute Gasteiger partial charge is 0.496 e. The number of methoxy groups -OCH3 is 1. The molecule has 32 heavy (non-hydrogen) atoms. The fourth-order valence-electron chi connectivity index (χ4n) is 4.15. The first-order valence-electron chi connectivity index (χ1n) is 11.1. The summed E-state index contributed by atoms with van der Waals surface area (Å²) in [7, 11) is 1.70. The fraction of sp³-hybridized carbons (Fsp3) is 0.308. The van der Waals surface area contributed by atoms with Crippen LogP contribution in [0.1, 0.15) is 30.0 Å². The van der Waals surface area contributed by atoms with Crippen LogP contribution < -0.4 is 10.1 Å². The summed E-state index contributed by atoms with van der Waals surface area (Å²) in [5, 5.41) is 7.54. The SMILES string of the molecule is COc1ccccc1C=CCN1CCC(n2nccc2NC(=O)Cc2ccccc2)CC1. The van der Waals surface area contributed by atoms with Crippen LogP contribution in [0.4, 0.5) is 5.82 Å². The number of rotatable bonds is 8. The Morgan fingerprint density at radius 3 is 2.62 bits per heavy atom. The first-order chi connectivity index (χ1) is 15.7. The molecule has 0 spiro atoms. The van der Waals surface area contributed by atoms with E-state index in [-0.39, 0.29) is 5.91 Å². The van der Waals surface area contributed by atoms with E-state index in [1.54, 1.807) is 13.3 Å². The number of amides is 1. The van der Waals surface area contributed by atoms with Gasteiger partial charge in [0.05, 0.1) is 25.8 Å². The van der Waals surface area contributed by atoms with Crippen LogP contribution in [0, 0.1) is 0 Å². The van der Waals surface area contributed by atoms with Crippen LogP contribution in [-0.4, -0.2) is 47.3 Å². The molecule has 1 saturated heterocycles. The summed E-state index contributed by atoms with van der Waals surface area (Å²) in [5.74, 6) is 1.65. The Bertz CT molecular complexity index is 1040. The zero-order chi connectivity index (χ0) is 22.2. The van der Waals surface area contributed by atoms with Crippen molar-refractivity contribution in [3.8, 4) is 5.75 Å². The Morgan fingerprint density at radius 2 is 1.84 bits per heavy atom. The number of nitrogens with one attached hydrogen (secondary N) is 1. The maximum atomic E-state index is 12.5. The highest BCUT2D eigenvalue weighted by atomic mass is 16.5. The van der Waals surface area contributed by atoms with Gasteiger partial charge in [-0.25, -0.2) is 4.68 Å². The zero-order valence-corrected chi connectivity index (χ0v) is 18.5. The summed E-state index contributed by atoms with van der Waals surface area (Å²) < 4.78 is 7.39. The predicted octanol–water partition coefficient (Wildman–Crippen LogP) is 4.42. The first-order valence-corrected chi connectivity index (χ1v) is 11.1. The van der Waals surface area contributed by atoms with Gasteiger partial charge in [-0.1, -0.05) is 60.7 Å². The van der Waals surface area contributed by atoms with Crippen LogP contribution in [0.3, 0.4) is 0 Å². The van der Waals surface area contributed by atoms with Crippen molar-refractivity contribution in [3.05, 3.63) is 84.1 Å². The number of carbonyl (C=O) groups excluding carboxylic acids is 1. The van der Waals surface area contributed by atoms with Crippen molar-refractivity contribution in [1.82, 2.24) is 14.7 Å². The van der Waals surface area contributed by atoms with Gasteiger partial charge < -0.3 is 10.1 Å². The molecule has 1 aliphatic rings. The number of nitrogens with zero attached hydrogens (tertiary/aromatic N) is 3. The molecule has 0 atom stereocenters. The number of piperidine rings is 1. The number of hydrogen-bond donors (Lipinski definition) is 1. The van der Waals surface area contributed by atoms with Crippen LogP contribution in [0.25, 0.3) is 6.08 Å². The van der Waals surface area contributed by atoms with Crippen LogP contribution >= 0.6 is 0 Å². The number of anilines is 1. The second-order valence-electron chi connectivity index (χ2n) is 8.05. The average molecular weight is 431 g/mol. The summed E-state index contributed by atoms with van der Waals surface area (Å²) in [6.07, 6.45) is 8.46. The summed E-state index contributed by atoms with van der Waals surface area (Å²) in [6.45, 7) is 2.90. The van der Waals surface area contributed by atoms with Crippen molar-refractivity contribution in [3.63, 3.8) is 0 Å². The second kappa shape index (κ2) is 10.8. The number of likely N-dealkylation sites (tertiary alicyclic amines) is 1. The smallest absolute Gasteiger partial charge is 0.229 e. The monoisotopic (exact) mass is 430 g/mol. The molecule has 6 heteroatoms. The van der Waals surface area contributed by atoms with Gasteiger partial charge in [0.2, 0.25) is 5.91 Å². The lowest BCUT2D eigenvalue weighted by atomic mass is 10.1. The molecule has 1 N–H and O–H groups in total. The van der Waals surface area contributed by atoms with Crippen LogP contribution in [0.15, 0.2) is 72.9 Å². The van der Waals surface area contributed by atoms with E-state index < -0.39 is 0 Å². The molecular weight excluding hydrogens is 400 g/mol. The lowest BCUT2D eigenvalue weighted by Crippen LogP contribution is -2.35. The van der Waals surface area contributed by atoms with Crippen LogP contribution in [0.5, 0.6) is 5.75 Å². The van der Waals surface area contributed by atoms with Gasteiger partial charge in [-0.15, -0.1) is 0 Å². The van der Waals surface area contributed by atoms with Gasteiger partial charge >= 0.3 is 0 Å². The molecule has 1 aromatic heterocycles. The van der Waals surface area contributed by atoms with E-state index in [0.717, 1.165) is 55.2 Å². The van der Waals surface area contributed by atoms with Crippen LogP contribution in [0.2, 0.25) is 0 Å².